The van der Waals surface area contributed by atoms with Gasteiger partial charge in [0.05, 0.1) is 9.91 Å². The Labute approximate surface area is 161 Å². The van der Waals surface area contributed by atoms with Crippen molar-refractivity contribution < 1.29 is 9.18 Å². The van der Waals surface area contributed by atoms with Gasteiger partial charge in [-0.2, -0.15) is 0 Å². The number of benzene rings is 1. The van der Waals surface area contributed by atoms with E-state index in [4.69, 9.17) is 11.5 Å². The zero-order chi connectivity index (χ0) is 19.3. The van der Waals surface area contributed by atoms with Gasteiger partial charge in [0.2, 0.25) is 0 Å². The topological polar surface area (TPSA) is 81.1 Å². The molecule has 1 amide bonds. The third-order valence-electron chi connectivity index (χ3n) is 4.19. The second kappa shape index (κ2) is 8.70. The quantitative estimate of drug-likeness (QED) is 0.614. The van der Waals surface area contributed by atoms with Gasteiger partial charge in [0.25, 0.3) is 5.91 Å². The molecule has 0 fully saturated rings. The lowest BCUT2D eigenvalue weighted by Gasteiger charge is -2.29. The van der Waals surface area contributed by atoms with Gasteiger partial charge in [-0.05, 0) is 50.1 Å². The Morgan fingerprint density at radius 3 is 2.69 bits per heavy atom. The van der Waals surface area contributed by atoms with Crippen LogP contribution >= 0.6 is 23.1 Å². The molecule has 0 saturated heterocycles. The van der Waals surface area contributed by atoms with Gasteiger partial charge in [-0.25, -0.2) is 4.39 Å². The minimum atomic E-state index is -0.840. The van der Waals surface area contributed by atoms with Crippen LogP contribution in [0.25, 0.3) is 0 Å². The fourth-order valence-corrected chi connectivity index (χ4v) is 4.09. The summed E-state index contributed by atoms with van der Waals surface area (Å²) in [4.78, 5) is 14.0. The van der Waals surface area contributed by atoms with Gasteiger partial charge < -0.3 is 16.8 Å². The predicted octanol–water partition coefficient (Wildman–Crippen LogP) is 4.57. The zero-order valence-electron chi connectivity index (χ0n) is 15.0. The molecule has 2 aromatic rings. The molecule has 0 bridgehead atoms. The molecule has 1 atom stereocenters. The summed E-state index contributed by atoms with van der Waals surface area (Å²) in [5, 5.41) is 3.33. The fourth-order valence-electron chi connectivity index (χ4n) is 2.60. The summed E-state index contributed by atoms with van der Waals surface area (Å²) >= 11 is 2.81. The highest BCUT2D eigenvalue weighted by molar-refractivity contribution is 8.02. The van der Waals surface area contributed by atoms with E-state index in [9.17, 15) is 9.18 Å². The lowest BCUT2D eigenvalue weighted by molar-refractivity contribution is 0.103. The SMILES string of the molecule is C=C(N)SCC[C@@](N)(CC)c1cc(NC(=O)c2ccc(C)s2)ccc1F. The number of carbonyl (C=O) groups excluding carboxylic acids is 1. The van der Waals surface area contributed by atoms with Crippen LogP contribution in [0.15, 0.2) is 41.9 Å². The Balaban J connectivity index is 2.21. The molecule has 0 unspecified atom stereocenters. The van der Waals surface area contributed by atoms with Crippen LogP contribution in [0.5, 0.6) is 0 Å². The molecule has 0 radical (unpaired) electrons. The fraction of sp³-hybridized carbons (Fsp3) is 0.316. The van der Waals surface area contributed by atoms with E-state index in [-0.39, 0.29) is 11.7 Å². The van der Waals surface area contributed by atoms with Crippen molar-refractivity contribution in [1.82, 2.24) is 0 Å². The summed E-state index contributed by atoms with van der Waals surface area (Å²) in [6.45, 7) is 7.51. The number of halogens is 1. The molecule has 1 aromatic carbocycles. The molecular formula is C19H24FN3OS2. The second-order valence-corrected chi connectivity index (χ2v) is 8.64. The normalized spacial score (nSPS) is 13.2. The smallest absolute Gasteiger partial charge is 0.265 e. The largest absolute Gasteiger partial charge is 0.394 e. The van der Waals surface area contributed by atoms with Crippen LogP contribution in [0.3, 0.4) is 0 Å². The molecule has 26 heavy (non-hydrogen) atoms. The van der Waals surface area contributed by atoms with Gasteiger partial charge >= 0.3 is 0 Å². The minimum absolute atomic E-state index is 0.213. The first-order valence-corrected chi connectivity index (χ1v) is 10.1. The highest BCUT2D eigenvalue weighted by atomic mass is 32.2. The Bertz CT molecular complexity index is 806. The van der Waals surface area contributed by atoms with Crippen molar-refractivity contribution in [3.05, 3.63) is 63.1 Å². The van der Waals surface area contributed by atoms with Gasteiger partial charge in [-0.3, -0.25) is 4.79 Å². The molecule has 4 nitrogen and oxygen atoms in total. The molecule has 0 saturated carbocycles. The van der Waals surface area contributed by atoms with Crippen LogP contribution in [0.1, 0.15) is 39.9 Å². The van der Waals surface area contributed by atoms with Crippen LogP contribution in [0, 0.1) is 12.7 Å². The Kier molecular flexibility index (Phi) is 6.86. The van der Waals surface area contributed by atoms with Crippen LogP contribution in [-0.4, -0.2) is 11.7 Å². The predicted molar refractivity (Wildman–Crippen MR) is 110 cm³/mol. The maximum atomic E-state index is 14.5. The van der Waals surface area contributed by atoms with Gasteiger partial charge in [0.15, 0.2) is 0 Å². The van der Waals surface area contributed by atoms with Gasteiger partial charge in [0.1, 0.15) is 5.82 Å². The summed E-state index contributed by atoms with van der Waals surface area (Å²) in [6.07, 6.45) is 1.10. The molecule has 7 heteroatoms. The molecule has 5 N–H and O–H groups in total. The Morgan fingerprint density at radius 1 is 1.38 bits per heavy atom. The van der Waals surface area contributed by atoms with E-state index in [1.807, 2.05) is 19.9 Å². The number of hydrogen-bond donors (Lipinski definition) is 3. The van der Waals surface area contributed by atoms with Crippen LogP contribution in [0.4, 0.5) is 10.1 Å². The average molecular weight is 394 g/mol. The van der Waals surface area contributed by atoms with Gasteiger partial charge in [0, 0.05) is 27.4 Å². The number of anilines is 1. The van der Waals surface area contributed by atoms with Gasteiger partial charge in [-0.15, -0.1) is 23.1 Å². The molecule has 0 aliphatic rings. The minimum Gasteiger partial charge on any atom is -0.394 e. The molecule has 2 rings (SSSR count). The number of aryl methyl sites for hydroxylation is 1. The highest BCUT2D eigenvalue weighted by Gasteiger charge is 2.28. The molecule has 0 aliphatic carbocycles. The molecule has 1 aromatic heterocycles. The number of thiophene rings is 1. The maximum absolute atomic E-state index is 14.5. The first-order valence-electron chi connectivity index (χ1n) is 8.29. The molecule has 1 heterocycles. The van der Waals surface area contributed by atoms with Crippen LogP contribution in [0.2, 0.25) is 0 Å². The number of nitrogens with one attached hydrogen (secondary N) is 1. The van der Waals surface area contributed by atoms with Crippen molar-refractivity contribution >= 4 is 34.7 Å². The molecule has 0 spiro atoms. The summed E-state index contributed by atoms with van der Waals surface area (Å²) in [5.41, 5.74) is 12.1. The van der Waals surface area contributed by atoms with E-state index in [1.165, 1.54) is 29.2 Å². The third-order valence-corrected chi connectivity index (χ3v) is 5.97. The number of hydrogen-bond acceptors (Lipinski definition) is 5. The van der Waals surface area contributed by atoms with Crippen LogP contribution < -0.4 is 16.8 Å². The average Bonchev–Trinajstić information content (AvgIpc) is 3.02. The van der Waals surface area contributed by atoms with Crippen molar-refractivity contribution in [2.45, 2.75) is 32.2 Å². The Morgan fingerprint density at radius 2 is 2.12 bits per heavy atom. The van der Waals surface area contributed by atoms with Crippen molar-refractivity contribution in [3.8, 4) is 0 Å². The lowest BCUT2D eigenvalue weighted by Crippen LogP contribution is -2.37. The summed E-state index contributed by atoms with van der Waals surface area (Å²) in [7, 11) is 0. The monoisotopic (exact) mass is 393 g/mol. The zero-order valence-corrected chi connectivity index (χ0v) is 16.6. The van der Waals surface area contributed by atoms with E-state index in [2.05, 4.69) is 11.9 Å². The standard InChI is InChI=1S/C19H24FN3OS2/c1-4-19(22,9-10-25-13(3)21)15-11-14(6-7-16(15)20)23-18(24)17-8-5-12(2)26-17/h5-8,11H,3-4,9-10,21-22H2,1-2H3,(H,23,24)/t19-/m0/s1. The molecule has 0 aliphatic heterocycles. The van der Waals surface area contributed by atoms with Crippen molar-refractivity contribution in [1.29, 1.82) is 0 Å². The number of nitrogens with two attached hydrogens (primary N) is 2. The maximum Gasteiger partial charge on any atom is 0.265 e. The van der Waals surface area contributed by atoms with Crippen molar-refractivity contribution in [3.63, 3.8) is 0 Å². The van der Waals surface area contributed by atoms with E-state index < -0.39 is 5.54 Å². The first-order chi connectivity index (χ1) is 12.2. The summed E-state index contributed by atoms with van der Waals surface area (Å²) < 4.78 is 14.5. The second-order valence-electron chi connectivity index (χ2n) is 6.13. The van der Waals surface area contributed by atoms with Crippen molar-refractivity contribution in [2.75, 3.05) is 11.1 Å². The van der Waals surface area contributed by atoms with Crippen molar-refractivity contribution in [2.24, 2.45) is 11.5 Å². The molecule has 140 valence electrons. The van der Waals surface area contributed by atoms with E-state index in [0.717, 1.165) is 4.88 Å². The molecular weight excluding hydrogens is 369 g/mol. The number of thioether (sulfide) groups is 1. The van der Waals surface area contributed by atoms with Gasteiger partial charge in [-0.1, -0.05) is 13.5 Å². The van der Waals surface area contributed by atoms with E-state index in [1.54, 1.807) is 18.2 Å². The number of carbonyl (C=O) groups is 1. The summed E-state index contributed by atoms with van der Waals surface area (Å²) in [6, 6.07) is 8.18. The Hall–Kier alpha value is -1.83. The third kappa shape index (κ3) is 5.09. The summed E-state index contributed by atoms with van der Waals surface area (Å²) in [5.74, 6) is 0.0510. The highest BCUT2D eigenvalue weighted by Crippen LogP contribution is 2.32. The van der Waals surface area contributed by atoms with E-state index >= 15 is 0 Å². The number of rotatable bonds is 8. The first kappa shape index (κ1) is 20.5. The van der Waals surface area contributed by atoms with Crippen LogP contribution in [-0.2, 0) is 5.54 Å². The number of amides is 1. The lowest BCUT2D eigenvalue weighted by atomic mass is 9.85. The van der Waals surface area contributed by atoms with E-state index in [0.29, 0.717) is 39.8 Å².